The average molecular weight is 483 g/mol. The Bertz CT molecular complexity index is 1470. The second-order valence-electron chi connectivity index (χ2n) is 8.54. The van der Waals surface area contributed by atoms with Gasteiger partial charge in [-0.3, -0.25) is 9.59 Å². The van der Waals surface area contributed by atoms with Crippen molar-refractivity contribution in [2.24, 2.45) is 0 Å². The second-order valence-corrected chi connectivity index (χ2v) is 8.54. The maximum atomic E-state index is 12.5. The molecule has 0 saturated carbocycles. The van der Waals surface area contributed by atoms with E-state index >= 15 is 0 Å². The van der Waals surface area contributed by atoms with E-state index in [9.17, 15) is 9.59 Å². The molecule has 10 nitrogen and oxygen atoms in total. The van der Waals surface area contributed by atoms with E-state index in [1.54, 1.807) is 29.1 Å². The molecule has 0 unspecified atom stereocenters. The Morgan fingerprint density at radius 1 is 1.03 bits per heavy atom. The number of amides is 1. The number of hydrogen-bond acceptors (Lipinski definition) is 8. The number of likely N-dealkylation sites (N-methyl/N-ethyl adjacent to an activating group) is 1. The summed E-state index contributed by atoms with van der Waals surface area (Å²) in [5.41, 5.74) is 2.95. The van der Waals surface area contributed by atoms with Crippen molar-refractivity contribution < 1.29 is 4.79 Å². The number of nitrogens with zero attached hydrogens (tertiary/aromatic N) is 6. The molecule has 0 aliphatic carbocycles. The monoisotopic (exact) mass is 482 g/mol. The molecule has 1 fully saturated rings. The van der Waals surface area contributed by atoms with Gasteiger partial charge in [0.2, 0.25) is 11.9 Å². The van der Waals surface area contributed by atoms with Gasteiger partial charge in [0.25, 0.3) is 0 Å². The van der Waals surface area contributed by atoms with Gasteiger partial charge in [0.05, 0.1) is 11.1 Å². The molecule has 0 bridgehead atoms. The van der Waals surface area contributed by atoms with Crippen LogP contribution < -0.4 is 21.0 Å². The van der Waals surface area contributed by atoms with E-state index in [2.05, 4.69) is 61.1 Å². The lowest BCUT2D eigenvalue weighted by Crippen LogP contribution is -2.44. The second kappa shape index (κ2) is 9.96. The molecule has 4 heterocycles. The molecule has 1 aliphatic rings. The largest absolute Gasteiger partial charge is 0.369 e. The summed E-state index contributed by atoms with van der Waals surface area (Å²) >= 11 is 0. The first-order valence-electron chi connectivity index (χ1n) is 11.6. The van der Waals surface area contributed by atoms with Gasteiger partial charge in [0.15, 0.2) is 11.1 Å². The standard InChI is InChI=1S/C26H26N8O2/c1-3-24(36)30-23-16-20(8-10-27-23)34-11-9-22(35)21-17-28-26(31-25(21)34)29-18-4-6-19(7-5-18)33-14-12-32(2)13-15-33/h3-11,16-17H,1,12-15H2,2H3,(H,27,30,36)(H,28,29,31). The fourth-order valence-corrected chi connectivity index (χ4v) is 4.07. The Kier molecular flexibility index (Phi) is 6.42. The van der Waals surface area contributed by atoms with E-state index in [1.807, 2.05) is 12.1 Å². The van der Waals surface area contributed by atoms with Crippen LogP contribution in [-0.4, -0.2) is 63.6 Å². The van der Waals surface area contributed by atoms with Crippen LogP contribution in [0.4, 0.5) is 23.1 Å². The minimum absolute atomic E-state index is 0.182. The molecule has 1 saturated heterocycles. The number of carbonyl (C=O) groups excluding carboxylic acids is 1. The Morgan fingerprint density at radius 2 is 1.81 bits per heavy atom. The summed E-state index contributed by atoms with van der Waals surface area (Å²) in [6.07, 6.45) is 5.90. The van der Waals surface area contributed by atoms with Gasteiger partial charge >= 0.3 is 0 Å². The van der Waals surface area contributed by atoms with E-state index in [0.29, 0.717) is 28.5 Å². The highest BCUT2D eigenvalue weighted by Crippen LogP contribution is 2.22. The highest BCUT2D eigenvalue weighted by molar-refractivity contribution is 5.98. The summed E-state index contributed by atoms with van der Waals surface area (Å²) in [6, 6.07) is 13.1. The van der Waals surface area contributed by atoms with Gasteiger partial charge < -0.3 is 25.0 Å². The van der Waals surface area contributed by atoms with Crippen molar-refractivity contribution in [3.63, 3.8) is 0 Å². The van der Waals surface area contributed by atoms with E-state index < -0.39 is 0 Å². The summed E-state index contributed by atoms with van der Waals surface area (Å²) in [7, 11) is 2.14. The van der Waals surface area contributed by atoms with Crippen LogP contribution in [0.3, 0.4) is 0 Å². The zero-order valence-electron chi connectivity index (χ0n) is 19.9. The molecule has 182 valence electrons. The quantitative estimate of drug-likeness (QED) is 0.404. The number of rotatable bonds is 6. The van der Waals surface area contributed by atoms with Gasteiger partial charge in [-0.05, 0) is 43.5 Å². The third-order valence-corrected chi connectivity index (χ3v) is 6.09. The molecule has 0 spiro atoms. The van der Waals surface area contributed by atoms with Crippen LogP contribution in [0.15, 0.2) is 78.5 Å². The summed E-state index contributed by atoms with van der Waals surface area (Å²) < 4.78 is 1.76. The molecule has 1 aromatic carbocycles. The molecular formula is C26H26N8O2. The Balaban J connectivity index is 1.43. The number of nitrogens with one attached hydrogen (secondary N) is 2. The number of aromatic nitrogens is 4. The van der Waals surface area contributed by atoms with Crippen molar-refractivity contribution >= 4 is 40.1 Å². The topological polar surface area (TPSA) is 108 Å². The van der Waals surface area contributed by atoms with Crippen molar-refractivity contribution in [3.05, 3.63) is 83.9 Å². The first-order chi connectivity index (χ1) is 17.5. The number of benzene rings is 1. The van der Waals surface area contributed by atoms with Crippen molar-refractivity contribution in [2.45, 2.75) is 0 Å². The first kappa shape index (κ1) is 23.2. The van der Waals surface area contributed by atoms with Gasteiger partial charge in [-0.15, -0.1) is 0 Å². The summed E-state index contributed by atoms with van der Waals surface area (Å²) in [5.74, 6) is 0.359. The lowest BCUT2D eigenvalue weighted by atomic mass is 10.2. The molecule has 10 heteroatoms. The third kappa shape index (κ3) is 4.93. The number of fused-ring (bicyclic) bond motifs is 1. The lowest BCUT2D eigenvalue weighted by Gasteiger charge is -2.34. The Morgan fingerprint density at radius 3 is 2.56 bits per heavy atom. The van der Waals surface area contributed by atoms with Crippen LogP contribution in [0.25, 0.3) is 16.7 Å². The SMILES string of the molecule is C=CC(=O)Nc1cc(-n2ccc(=O)c3cnc(Nc4ccc(N5CCN(C)CC5)cc4)nc32)ccn1. The minimum atomic E-state index is -0.364. The van der Waals surface area contributed by atoms with Crippen molar-refractivity contribution in [1.29, 1.82) is 0 Å². The van der Waals surface area contributed by atoms with Gasteiger partial charge in [-0.1, -0.05) is 6.58 Å². The van der Waals surface area contributed by atoms with Crippen molar-refractivity contribution in [1.82, 2.24) is 24.4 Å². The van der Waals surface area contributed by atoms with E-state index in [4.69, 9.17) is 0 Å². The predicted molar refractivity (Wildman–Crippen MR) is 141 cm³/mol. The molecule has 36 heavy (non-hydrogen) atoms. The maximum Gasteiger partial charge on any atom is 0.248 e. The normalized spacial score (nSPS) is 14.0. The Hall–Kier alpha value is -4.57. The first-order valence-corrected chi connectivity index (χ1v) is 11.6. The van der Waals surface area contributed by atoms with Crippen LogP contribution >= 0.6 is 0 Å². The van der Waals surface area contributed by atoms with Gasteiger partial charge in [0.1, 0.15) is 5.82 Å². The smallest absolute Gasteiger partial charge is 0.248 e. The number of pyridine rings is 2. The van der Waals surface area contributed by atoms with Gasteiger partial charge in [-0.25, -0.2) is 9.97 Å². The number of piperazine rings is 1. The predicted octanol–water partition coefficient (Wildman–Crippen LogP) is 2.80. The number of anilines is 4. The molecule has 5 rings (SSSR count). The van der Waals surface area contributed by atoms with Crippen molar-refractivity contribution in [2.75, 3.05) is 48.8 Å². The lowest BCUT2D eigenvalue weighted by molar-refractivity contribution is -0.111. The fraction of sp³-hybridized carbons (Fsp3) is 0.192. The van der Waals surface area contributed by atoms with Crippen molar-refractivity contribution in [3.8, 4) is 5.69 Å². The van der Waals surface area contributed by atoms with E-state index in [-0.39, 0.29) is 11.3 Å². The molecule has 0 radical (unpaired) electrons. The third-order valence-electron chi connectivity index (χ3n) is 6.09. The zero-order valence-corrected chi connectivity index (χ0v) is 19.9. The molecule has 1 amide bonds. The fourth-order valence-electron chi connectivity index (χ4n) is 4.07. The molecule has 4 aromatic rings. The molecular weight excluding hydrogens is 456 g/mol. The van der Waals surface area contributed by atoms with Crippen LogP contribution in [0, 0.1) is 0 Å². The number of hydrogen-bond donors (Lipinski definition) is 2. The highest BCUT2D eigenvalue weighted by Gasteiger charge is 2.14. The van der Waals surface area contributed by atoms with Gasteiger partial charge in [0, 0.05) is 68.3 Å². The van der Waals surface area contributed by atoms with Gasteiger partial charge in [-0.2, -0.15) is 4.98 Å². The highest BCUT2D eigenvalue weighted by atomic mass is 16.1. The zero-order chi connectivity index (χ0) is 25.1. The number of carbonyl (C=O) groups is 1. The van der Waals surface area contributed by atoms with Crippen LogP contribution in [0.1, 0.15) is 0 Å². The van der Waals surface area contributed by atoms with Crippen LogP contribution in [0.5, 0.6) is 0 Å². The Labute approximate surface area is 207 Å². The summed E-state index contributed by atoms with van der Waals surface area (Å²) in [6.45, 7) is 7.56. The van der Waals surface area contributed by atoms with Crippen LogP contribution in [0.2, 0.25) is 0 Å². The molecule has 3 aromatic heterocycles. The van der Waals surface area contributed by atoms with E-state index in [1.165, 1.54) is 24.0 Å². The molecule has 0 atom stereocenters. The average Bonchev–Trinajstić information content (AvgIpc) is 2.90. The summed E-state index contributed by atoms with van der Waals surface area (Å²) in [5, 5.41) is 6.25. The summed E-state index contributed by atoms with van der Waals surface area (Å²) in [4.78, 5) is 42.0. The maximum absolute atomic E-state index is 12.5. The minimum Gasteiger partial charge on any atom is -0.369 e. The van der Waals surface area contributed by atoms with E-state index in [0.717, 1.165) is 31.9 Å². The molecule has 1 aliphatic heterocycles. The van der Waals surface area contributed by atoms with Crippen LogP contribution in [-0.2, 0) is 4.79 Å². The molecule has 2 N–H and O–H groups in total.